The number of benzene rings is 2. The second kappa shape index (κ2) is 10.8. The highest BCUT2D eigenvalue weighted by Crippen LogP contribution is 2.22. The Hall–Kier alpha value is -2.86. The monoisotopic (exact) mass is 409 g/mol. The molecule has 0 aliphatic carbocycles. The zero-order chi connectivity index (χ0) is 21.3. The number of nitrogens with zero attached hydrogens (tertiary/aromatic N) is 2. The number of phenols is 1. The number of hydrogen-bond acceptors (Lipinski definition) is 5. The van der Waals surface area contributed by atoms with Crippen LogP contribution in [-0.2, 0) is 17.8 Å². The van der Waals surface area contributed by atoms with Crippen LogP contribution in [0.1, 0.15) is 49.8 Å². The highest BCUT2D eigenvalue weighted by Gasteiger charge is 2.13. The Morgan fingerprint density at radius 1 is 1.13 bits per heavy atom. The van der Waals surface area contributed by atoms with Crippen LogP contribution in [0.2, 0.25) is 0 Å². The third kappa shape index (κ3) is 6.32. The first-order chi connectivity index (χ1) is 14.5. The summed E-state index contributed by atoms with van der Waals surface area (Å²) in [5.74, 6) is 0.633. The second-order valence-corrected chi connectivity index (χ2v) is 7.70. The molecule has 160 valence electrons. The molecule has 1 aliphatic heterocycles. The zero-order valence-electron chi connectivity index (χ0n) is 17.9. The third-order valence-corrected chi connectivity index (χ3v) is 5.39. The van der Waals surface area contributed by atoms with Crippen LogP contribution in [-0.4, -0.2) is 41.3 Å². The molecule has 6 heteroatoms. The molecule has 1 amide bonds. The van der Waals surface area contributed by atoms with Crippen molar-refractivity contribution < 1.29 is 14.6 Å². The molecule has 2 N–H and O–H groups in total. The molecular formula is C24H31N3O3. The van der Waals surface area contributed by atoms with Crippen LogP contribution in [0.15, 0.2) is 47.6 Å². The molecule has 0 bridgehead atoms. The number of aryl methyl sites for hydroxylation is 1. The van der Waals surface area contributed by atoms with Crippen LogP contribution < -0.4 is 10.2 Å². The Kier molecular flexibility index (Phi) is 7.85. The van der Waals surface area contributed by atoms with Crippen molar-refractivity contribution in [3.63, 3.8) is 0 Å². The molecule has 1 heterocycles. The topological polar surface area (TPSA) is 74.2 Å². The maximum Gasteiger partial charge on any atom is 0.277 e. The average molecular weight is 410 g/mol. The number of amides is 1. The molecule has 0 aromatic heterocycles. The number of hydrazone groups is 1. The Morgan fingerprint density at radius 2 is 1.87 bits per heavy atom. The maximum absolute atomic E-state index is 12.1. The second-order valence-electron chi connectivity index (χ2n) is 7.70. The number of ether oxygens (including phenoxy) is 1. The van der Waals surface area contributed by atoms with Gasteiger partial charge >= 0.3 is 0 Å². The van der Waals surface area contributed by atoms with Gasteiger partial charge in [0.25, 0.3) is 5.91 Å². The summed E-state index contributed by atoms with van der Waals surface area (Å²) in [5.41, 5.74) is 6.19. The van der Waals surface area contributed by atoms with Gasteiger partial charge in [-0.2, -0.15) is 5.10 Å². The molecule has 0 radical (unpaired) electrons. The van der Waals surface area contributed by atoms with Crippen LogP contribution in [0, 0.1) is 0 Å². The Balaban J connectivity index is 1.54. The standard InChI is InChI=1S/C24H31N3O3/c1-3-19-7-10-22(11-8-19)30-17-24(29)26-25-18(2)20-9-12-23(28)21(15-20)16-27-13-5-4-6-14-27/h7-12,15,28H,3-6,13-14,16-17H2,1-2H3,(H,26,29)/b25-18+. The summed E-state index contributed by atoms with van der Waals surface area (Å²) in [6.45, 7) is 6.68. The fourth-order valence-corrected chi connectivity index (χ4v) is 3.51. The molecule has 0 spiro atoms. The van der Waals surface area contributed by atoms with Crippen molar-refractivity contribution >= 4 is 11.6 Å². The molecule has 1 saturated heterocycles. The molecule has 0 saturated carbocycles. The number of rotatable bonds is 8. The molecule has 30 heavy (non-hydrogen) atoms. The minimum atomic E-state index is -0.318. The van der Waals surface area contributed by atoms with E-state index in [4.69, 9.17) is 4.74 Å². The lowest BCUT2D eigenvalue weighted by atomic mass is 10.0. The van der Waals surface area contributed by atoms with E-state index in [9.17, 15) is 9.90 Å². The molecular weight excluding hydrogens is 378 g/mol. The van der Waals surface area contributed by atoms with E-state index in [1.807, 2.05) is 43.3 Å². The first kappa shape index (κ1) is 21.8. The van der Waals surface area contributed by atoms with Crippen molar-refractivity contribution in [2.75, 3.05) is 19.7 Å². The van der Waals surface area contributed by atoms with Gasteiger partial charge < -0.3 is 9.84 Å². The fourth-order valence-electron chi connectivity index (χ4n) is 3.51. The lowest BCUT2D eigenvalue weighted by molar-refractivity contribution is -0.123. The number of hydrogen-bond donors (Lipinski definition) is 2. The van der Waals surface area contributed by atoms with E-state index < -0.39 is 0 Å². The average Bonchev–Trinajstić information content (AvgIpc) is 2.78. The van der Waals surface area contributed by atoms with Gasteiger partial charge in [0.15, 0.2) is 6.61 Å². The minimum Gasteiger partial charge on any atom is -0.508 e. The van der Waals surface area contributed by atoms with Gasteiger partial charge in [-0.05, 0) is 80.7 Å². The molecule has 0 atom stereocenters. The van der Waals surface area contributed by atoms with Crippen LogP contribution in [0.25, 0.3) is 0 Å². The first-order valence-corrected chi connectivity index (χ1v) is 10.6. The number of likely N-dealkylation sites (tertiary alicyclic amines) is 1. The van der Waals surface area contributed by atoms with Gasteiger partial charge in [-0.25, -0.2) is 5.43 Å². The lowest BCUT2D eigenvalue weighted by Gasteiger charge is -2.26. The third-order valence-electron chi connectivity index (χ3n) is 5.39. The van der Waals surface area contributed by atoms with Crippen LogP contribution in [0.4, 0.5) is 0 Å². The maximum atomic E-state index is 12.1. The van der Waals surface area contributed by atoms with Crippen molar-refractivity contribution in [1.29, 1.82) is 0 Å². The van der Waals surface area contributed by atoms with E-state index >= 15 is 0 Å². The highest BCUT2D eigenvalue weighted by molar-refractivity contribution is 5.99. The zero-order valence-corrected chi connectivity index (χ0v) is 17.9. The van der Waals surface area contributed by atoms with E-state index in [-0.39, 0.29) is 12.5 Å². The predicted molar refractivity (Wildman–Crippen MR) is 119 cm³/mol. The number of carbonyl (C=O) groups excluding carboxylic acids is 1. The van der Waals surface area contributed by atoms with E-state index in [1.165, 1.54) is 24.8 Å². The van der Waals surface area contributed by atoms with Crippen LogP contribution in [0.3, 0.4) is 0 Å². The molecule has 0 unspecified atom stereocenters. The van der Waals surface area contributed by atoms with Crippen molar-refractivity contribution in [3.8, 4) is 11.5 Å². The van der Waals surface area contributed by atoms with Crippen molar-refractivity contribution in [2.24, 2.45) is 5.10 Å². The van der Waals surface area contributed by atoms with E-state index in [0.717, 1.165) is 37.2 Å². The summed E-state index contributed by atoms with van der Waals surface area (Å²) in [4.78, 5) is 14.4. The molecule has 2 aromatic carbocycles. The molecule has 1 fully saturated rings. The number of nitrogens with one attached hydrogen (secondary N) is 1. The summed E-state index contributed by atoms with van der Waals surface area (Å²) < 4.78 is 5.50. The van der Waals surface area contributed by atoms with Crippen molar-refractivity contribution in [3.05, 3.63) is 59.2 Å². The smallest absolute Gasteiger partial charge is 0.277 e. The van der Waals surface area contributed by atoms with Gasteiger partial charge in [0, 0.05) is 12.1 Å². The molecule has 6 nitrogen and oxygen atoms in total. The van der Waals surface area contributed by atoms with Crippen LogP contribution >= 0.6 is 0 Å². The molecule has 3 rings (SSSR count). The normalized spacial score (nSPS) is 15.1. The summed E-state index contributed by atoms with van der Waals surface area (Å²) in [6, 6.07) is 13.1. The number of phenolic OH excluding ortho intramolecular Hbond substituents is 1. The lowest BCUT2D eigenvalue weighted by Crippen LogP contribution is -2.29. The van der Waals surface area contributed by atoms with Crippen LogP contribution in [0.5, 0.6) is 11.5 Å². The van der Waals surface area contributed by atoms with Gasteiger partial charge in [0.05, 0.1) is 5.71 Å². The van der Waals surface area contributed by atoms with Gasteiger partial charge in [0.1, 0.15) is 11.5 Å². The first-order valence-electron chi connectivity index (χ1n) is 10.6. The van der Waals surface area contributed by atoms with Crippen molar-refractivity contribution in [1.82, 2.24) is 10.3 Å². The SMILES string of the molecule is CCc1ccc(OCC(=O)N/N=C(\C)c2ccc(O)c(CN3CCCCC3)c2)cc1. The Labute approximate surface area is 178 Å². The summed E-state index contributed by atoms with van der Waals surface area (Å²) in [5, 5.41) is 14.4. The summed E-state index contributed by atoms with van der Waals surface area (Å²) >= 11 is 0. The predicted octanol–water partition coefficient (Wildman–Crippen LogP) is 3.86. The fraction of sp³-hybridized carbons (Fsp3) is 0.417. The number of carbonyl (C=O) groups is 1. The summed E-state index contributed by atoms with van der Waals surface area (Å²) in [6.07, 6.45) is 4.66. The van der Waals surface area contributed by atoms with Crippen molar-refractivity contribution in [2.45, 2.75) is 46.1 Å². The number of piperidine rings is 1. The molecule has 2 aromatic rings. The quantitative estimate of drug-likeness (QED) is 0.513. The Morgan fingerprint density at radius 3 is 2.57 bits per heavy atom. The van der Waals surface area contributed by atoms with Gasteiger partial charge in [-0.1, -0.05) is 25.5 Å². The highest BCUT2D eigenvalue weighted by atomic mass is 16.5. The minimum absolute atomic E-state index is 0.0992. The Bertz CT molecular complexity index is 872. The van der Waals surface area contributed by atoms with Gasteiger partial charge in [-0.15, -0.1) is 0 Å². The molecule has 1 aliphatic rings. The summed E-state index contributed by atoms with van der Waals surface area (Å²) in [7, 11) is 0. The van der Waals surface area contributed by atoms with E-state index in [0.29, 0.717) is 17.2 Å². The van der Waals surface area contributed by atoms with Gasteiger partial charge in [0.2, 0.25) is 0 Å². The van der Waals surface area contributed by atoms with E-state index in [2.05, 4.69) is 22.4 Å². The number of aromatic hydroxyl groups is 1. The van der Waals surface area contributed by atoms with Gasteiger partial charge in [-0.3, -0.25) is 9.69 Å². The largest absolute Gasteiger partial charge is 0.508 e. The van der Waals surface area contributed by atoms with E-state index in [1.54, 1.807) is 6.07 Å².